The molecule has 2 atom stereocenters. The van der Waals surface area contributed by atoms with Crippen molar-refractivity contribution in [3.8, 4) is 0 Å². The topological polar surface area (TPSA) is 91.3 Å². The maximum Gasteiger partial charge on any atom is 0.291 e. The van der Waals surface area contributed by atoms with Crippen LogP contribution in [0.2, 0.25) is 0 Å². The van der Waals surface area contributed by atoms with Crippen LogP contribution in [0.3, 0.4) is 0 Å². The first-order valence-electron chi connectivity index (χ1n) is 11.7. The first kappa shape index (κ1) is 22.6. The van der Waals surface area contributed by atoms with Gasteiger partial charge in [-0.1, -0.05) is 50.4 Å². The second kappa shape index (κ2) is 9.10. The molecule has 1 aliphatic heterocycles. The molecular formula is C24H34N4O4. The molecule has 1 fully saturated rings. The van der Waals surface area contributed by atoms with Gasteiger partial charge in [0.1, 0.15) is 11.8 Å². The second-order valence-corrected chi connectivity index (χ2v) is 9.40. The van der Waals surface area contributed by atoms with Gasteiger partial charge in [-0.15, -0.1) is 0 Å². The maximum absolute atomic E-state index is 13.2. The largest absolute Gasteiger partial charge is 0.362 e. The zero-order valence-corrected chi connectivity index (χ0v) is 19.7. The van der Waals surface area contributed by atoms with Crippen molar-refractivity contribution < 1.29 is 14.1 Å². The summed E-state index contributed by atoms with van der Waals surface area (Å²) >= 11 is 0. The highest BCUT2D eigenvalue weighted by Gasteiger charge is 2.30. The van der Waals surface area contributed by atoms with E-state index in [1.165, 1.54) is 6.42 Å². The van der Waals surface area contributed by atoms with Crippen LogP contribution >= 0.6 is 0 Å². The number of ether oxygens (including phenoxy) is 1. The van der Waals surface area contributed by atoms with Crippen molar-refractivity contribution in [2.75, 3.05) is 5.32 Å². The van der Waals surface area contributed by atoms with Crippen molar-refractivity contribution in [2.45, 2.75) is 84.5 Å². The summed E-state index contributed by atoms with van der Waals surface area (Å²) in [5.41, 5.74) is 1.68. The zero-order chi connectivity index (χ0) is 23.0. The first-order chi connectivity index (χ1) is 15.3. The molecule has 2 aromatic heterocycles. The summed E-state index contributed by atoms with van der Waals surface area (Å²) in [4.78, 5) is 26.2. The summed E-state index contributed by atoms with van der Waals surface area (Å²) in [6.45, 7) is 7.89. The van der Waals surface area contributed by atoms with Crippen molar-refractivity contribution in [1.29, 1.82) is 0 Å². The predicted octanol–water partition coefficient (Wildman–Crippen LogP) is 4.59. The SMILES string of the molecule is Cc1c(C(=O)Nc2c(C)n(C)n(C3CCCCC3)c2=O)noc1C1C=CC[C@@H](C(C)C)O1. The highest BCUT2D eigenvalue weighted by molar-refractivity contribution is 6.04. The van der Waals surface area contributed by atoms with Crippen LogP contribution in [0.5, 0.6) is 0 Å². The van der Waals surface area contributed by atoms with E-state index < -0.39 is 5.91 Å². The lowest BCUT2D eigenvalue weighted by atomic mass is 9.96. The third kappa shape index (κ3) is 4.08. The average molecular weight is 443 g/mol. The number of carbonyl (C=O) groups excluding carboxylic acids is 1. The molecule has 3 heterocycles. The molecule has 1 N–H and O–H groups in total. The second-order valence-electron chi connectivity index (χ2n) is 9.40. The number of amides is 1. The fourth-order valence-corrected chi connectivity index (χ4v) is 4.81. The Morgan fingerprint density at radius 2 is 1.94 bits per heavy atom. The Morgan fingerprint density at radius 3 is 2.62 bits per heavy atom. The Bertz CT molecular complexity index is 1070. The van der Waals surface area contributed by atoms with E-state index in [9.17, 15) is 9.59 Å². The van der Waals surface area contributed by atoms with Gasteiger partial charge in [-0.05, 0) is 39.0 Å². The molecule has 1 unspecified atom stereocenters. The fourth-order valence-electron chi connectivity index (χ4n) is 4.81. The molecule has 174 valence electrons. The van der Waals surface area contributed by atoms with Gasteiger partial charge in [-0.25, -0.2) is 4.68 Å². The molecule has 1 saturated carbocycles. The van der Waals surface area contributed by atoms with E-state index in [2.05, 4.69) is 30.4 Å². The minimum Gasteiger partial charge on any atom is -0.362 e. The van der Waals surface area contributed by atoms with E-state index in [1.807, 2.05) is 24.7 Å². The van der Waals surface area contributed by atoms with Crippen LogP contribution in [0.1, 0.15) is 92.0 Å². The van der Waals surface area contributed by atoms with Crippen LogP contribution < -0.4 is 10.9 Å². The molecule has 0 spiro atoms. The summed E-state index contributed by atoms with van der Waals surface area (Å²) in [5.74, 6) is 0.460. The Morgan fingerprint density at radius 1 is 1.22 bits per heavy atom. The Hall–Kier alpha value is -2.61. The van der Waals surface area contributed by atoms with Gasteiger partial charge >= 0.3 is 0 Å². The molecule has 4 rings (SSSR count). The minimum absolute atomic E-state index is 0.0944. The lowest BCUT2D eigenvalue weighted by molar-refractivity contribution is -0.0317. The molecule has 1 amide bonds. The first-order valence-corrected chi connectivity index (χ1v) is 11.7. The summed E-state index contributed by atoms with van der Waals surface area (Å²) in [6.07, 6.45) is 10.0. The highest BCUT2D eigenvalue weighted by atomic mass is 16.5. The monoisotopic (exact) mass is 442 g/mol. The summed E-state index contributed by atoms with van der Waals surface area (Å²) in [7, 11) is 1.87. The van der Waals surface area contributed by atoms with Gasteiger partial charge in [-0.3, -0.25) is 14.3 Å². The summed E-state index contributed by atoms with van der Waals surface area (Å²) in [5, 5.41) is 6.82. The quantitative estimate of drug-likeness (QED) is 0.684. The highest BCUT2D eigenvalue weighted by Crippen LogP contribution is 2.32. The smallest absolute Gasteiger partial charge is 0.291 e. The van der Waals surface area contributed by atoms with Gasteiger partial charge in [0.15, 0.2) is 11.5 Å². The van der Waals surface area contributed by atoms with Gasteiger partial charge < -0.3 is 14.6 Å². The molecule has 2 aliphatic rings. The normalized spacial score (nSPS) is 21.9. The maximum atomic E-state index is 13.2. The van der Waals surface area contributed by atoms with E-state index in [0.29, 0.717) is 22.9 Å². The third-order valence-corrected chi connectivity index (χ3v) is 6.93. The van der Waals surface area contributed by atoms with Crippen molar-refractivity contribution in [2.24, 2.45) is 13.0 Å². The standard InChI is InChI=1S/C24H34N4O4/c1-14(2)18-12-9-13-19(31-18)22-15(3)20(26-32-22)23(29)25-21-16(4)27(5)28(24(21)30)17-10-7-6-8-11-17/h9,13-14,17-19H,6-8,10-12H2,1-5H3,(H,25,29)/t18-,19?/m0/s1. The molecule has 8 nitrogen and oxygen atoms in total. The van der Waals surface area contributed by atoms with Gasteiger partial charge in [0.05, 0.1) is 17.8 Å². The number of nitrogens with one attached hydrogen (secondary N) is 1. The van der Waals surface area contributed by atoms with E-state index in [4.69, 9.17) is 9.26 Å². The Balaban J connectivity index is 1.56. The Labute approximate surface area is 188 Å². The number of hydrogen-bond acceptors (Lipinski definition) is 5. The van der Waals surface area contributed by atoms with Crippen LogP contribution in [0.15, 0.2) is 21.5 Å². The van der Waals surface area contributed by atoms with Crippen molar-refractivity contribution >= 4 is 11.6 Å². The van der Waals surface area contributed by atoms with Crippen LogP contribution in [0, 0.1) is 19.8 Å². The molecule has 2 aromatic rings. The Kier molecular flexibility index (Phi) is 6.42. The van der Waals surface area contributed by atoms with Gasteiger partial charge in [0.2, 0.25) is 0 Å². The van der Waals surface area contributed by atoms with Crippen LogP contribution in [-0.2, 0) is 11.8 Å². The number of anilines is 1. The van der Waals surface area contributed by atoms with Crippen molar-refractivity contribution in [1.82, 2.24) is 14.5 Å². The number of aromatic nitrogens is 3. The third-order valence-electron chi connectivity index (χ3n) is 6.93. The molecular weight excluding hydrogens is 408 g/mol. The molecule has 1 aliphatic carbocycles. The number of carbonyl (C=O) groups is 1. The molecule has 8 heteroatoms. The minimum atomic E-state index is -0.445. The van der Waals surface area contributed by atoms with Crippen molar-refractivity contribution in [3.63, 3.8) is 0 Å². The molecule has 0 bridgehead atoms. The van der Waals surface area contributed by atoms with E-state index >= 15 is 0 Å². The van der Waals surface area contributed by atoms with Gasteiger partial charge in [0, 0.05) is 12.6 Å². The van der Waals surface area contributed by atoms with Crippen LogP contribution in [-0.4, -0.2) is 26.5 Å². The molecule has 0 aromatic carbocycles. The summed E-state index contributed by atoms with van der Waals surface area (Å²) in [6, 6.07) is 0.176. The zero-order valence-electron chi connectivity index (χ0n) is 19.7. The number of nitrogens with zero attached hydrogens (tertiary/aromatic N) is 3. The lowest BCUT2D eigenvalue weighted by Gasteiger charge is -2.27. The number of rotatable bonds is 5. The summed E-state index contributed by atoms with van der Waals surface area (Å²) < 4.78 is 15.3. The van der Waals surface area contributed by atoms with Gasteiger partial charge in [0.25, 0.3) is 11.5 Å². The van der Waals surface area contributed by atoms with E-state index in [1.54, 1.807) is 11.6 Å². The number of hydrogen-bond donors (Lipinski definition) is 1. The van der Waals surface area contributed by atoms with Gasteiger partial charge in [-0.2, -0.15) is 0 Å². The average Bonchev–Trinajstić information content (AvgIpc) is 3.27. The van der Waals surface area contributed by atoms with Crippen LogP contribution in [0.25, 0.3) is 0 Å². The van der Waals surface area contributed by atoms with E-state index in [0.717, 1.165) is 37.8 Å². The fraction of sp³-hybridized carbons (Fsp3) is 0.625. The molecule has 0 saturated heterocycles. The molecule has 32 heavy (non-hydrogen) atoms. The predicted molar refractivity (Wildman–Crippen MR) is 122 cm³/mol. The van der Waals surface area contributed by atoms with Crippen LogP contribution in [0.4, 0.5) is 5.69 Å². The van der Waals surface area contributed by atoms with E-state index in [-0.39, 0.29) is 29.5 Å². The lowest BCUT2D eigenvalue weighted by Crippen LogP contribution is -2.29. The van der Waals surface area contributed by atoms with Crippen molar-refractivity contribution in [3.05, 3.63) is 45.2 Å². The molecule has 0 radical (unpaired) electrons.